The third-order valence-corrected chi connectivity index (χ3v) is 4.28. The molecule has 4 rings (SSSR count). The predicted octanol–water partition coefficient (Wildman–Crippen LogP) is 2.97. The third-order valence-electron chi connectivity index (χ3n) is 4.28. The number of hydrogen-bond acceptors (Lipinski definition) is 6. The van der Waals surface area contributed by atoms with Crippen molar-refractivity contribution in [2.75, 3.05) is 0 Å². The minimum Gasteiger partial charge on any atom is -0.507 e. The van der Waals surface area contributed by atoms with Gasteiger partial charge in [-0.15, -0.1) is 0 Å². The normalized spacial score (nSPS) is 10.3. The van der Waals surface area contributed by atoms with Crippen molar-refractivity contribution in [3.05, 3.63) is 108 Å². The van der Waals surface area contributed by atoms with Gasteiger partial charge >= 0.3 is 0 Å². The van der Waals surface area contributed by atoms with E-state index in [9.17, 15) is 19.8 Å². The molecule has 0 fully saturated rings. The van der Waals surface area contributed by atoms with Gasteiger partial charge < -0.3 is 20.2 Å². The number of phenolic OH excluding ortho intramolecular Hbond substituents is 2. The van der Waals surface area contributed by atoms with Crippen molar-refractivity contribution >= 4 is 24.2 Å². The molecule has 2 aromatic carbocycles. The Morgan fingerprint density at radius 1 is 0.657 bits per heavy atom. The summed E-state index contributed by atoms with van der Waals surface area (Å²) >= 11 is 0. The Morgan fingerprint density at radius 3 is 1.40 bits per heavy atom. The van der Waals surface area contributed by atoms with Gasteiger partial charge in [0.05, 0.1) is 34.9 Å². The summed E-state index contributed by atoms with van der Waals surface area (Å²) in [5, 5.41) is 26.4. The molecule has 0 saturated carbocycles. The SMILES string of the molecule is O=C(N/N=C/c1ccc[nH]1)c1ccccc1O.O=C(N/N=C/c1ccc[nH]1)c1ccccc1O.[Zn]. The van der Waals surface area contributed by atoms with Crippen molar-refractivity contribution < 1.29 is 39.3 Å². The summed E-state index contributed by atoms with van der Waals surface area (Å²) in [5.41, 5.74) is 6.60. The maximum atomic E-state index is 11.6. The molecule has 0 aliphatic heterocycles. The fourth-order valence-electron chi connectivity index (χ4n) is 2.62. The maximum absolute atomic E-state index is 11.6. The smallest absolute Gasteiger partial charge is 0.275 e. The van der Waals surface area contributed by atoms with Crippen LogP contribution >= 0.6 is 0 Å². The summed E-state index contributed by atoms with van der Waals surface area (Å²) in [6, 6.07) is 19.9. The second-order valence-electron chi connectivity index (χ2n) is 6.68. The summed E-state index contributed by atoms with van der Waals surface area (Å²) < 4.78 is 0. The minimum absolute atomic E-state index is 0. The molecular formula is C24H22N6O4Zn. The molecule has 0 spiro atoms. The van der Waals surface area contributed by atoms with E-state index in [1.54, 1.807) is 36.7 Å². The van der Waals surface area contributed by atoms with E-state index in [2.05, 4.69) is 31.0 Å². The van der Waals surface area contributed by atoms with Gasteiger partial charge in [-0.1, -0.05) is 24.3 Å². The number of aromatic nitrogens is 2. The van der Waals surface area contributed by atoms with Gasteiger partial charge in [-0.25, -0.2) is 10.9 Å². The van der Waals surface area contributed by atoms with Gasteiger partial charge in [0, 0.05) is 31.9 Å². The number of hydrogen-bond donors (Lipinski definition) is 6. The predicted molar refractivity (Wildman–Crippen MR) is 128 cm³/mol. The number of rotatable bonds is 6. The largest absolute Gasteiger partial charge is 0.507 e. The monoisotopic (exact) mass is 522 g/mol. The number of amides is 2. The van der Waals surface area contributed by atoms with Gasteiger partial charge in [-0.3, -0.25) is 9.59 Å². The first-order valence-corrected chi connectivity index (χ1v) is 10.0. The number of aromatic hydroxyl groups is 2. The number of nitrogens with zero attached hydrogens (tertiary/aromatic N) is 2. The van der Waals surface area contributed by atoms with Gasteiger partial charge in [0.25, 0.3) is 11.8 Å². The molecule has 11 heteroatoms. The molecule has 0 bridgehead atoms. The number of para-hydroxylation sites is 2. The van der Waals surface area contributed by atoms with Gasteiger partial charge in [-0.05, 0) is 48.5 Å². The van der Waals surface area contributed by atoms with Crippen LogP contribution in [0.1, 0.15) is 32.1 Å². The van der Waals surface area contributed by atoms with Crippen LogP contribution in [0.4, 0.5) is 0 Å². The number of aromatic amines is 2. The fraction of sp³-hybridized carbons (Fsp3) is 0. The fourth-order valence-corrected chi connectivity index (χ4v) is 2.62. The number of H-pyrrole nitrogens is 2. The molecule has 35 heavy (non-hydrogen) atoms. The molecule has 2 heterocycles. The van der Waals surface area contributed by atoms with Gasteiger partial charge in [0.2, 0.25) is 0 Å². The maximum Gasteiger partial charge on any atom is 0.275 e. The van der Waals surface area contributed by atoms with Crippen LogP contribution < -0.4 is 10.9 Å². The number of nitrogens with one attached hydrogen (secondary N) is 4. The second kappa shape index (κ2) is 13.9. The quantitative estimate of drug-likeness (QED) is 0.131. The zero-order valence-electron chi connectivity index (χ0n) is 18.6. The zero-order chi connectivity index (χ0) is 24.2. The Labute approximate surface area is 213 Å². The average Bonchev–Trinajstić information content (AvgIpc) is 3.55. The molecule has 2 amide bonds. The van der Waals surface area contributed by atoms with Gasteiger partial charge in [0.1, 0.15) is 11.5 Å². The van der Waals surface area contributed by atoms with Crippen LogP contribution in [0.3, 0.4) is 0 Å². The van der Waals surface area contributed by atoms with E-state index in [1.807, 2.05) is 24.3 Å². The number of benzene rings is 2. The molecule has 0 aliphatic rings. The first-order valence-electron chi connectivity index (χ1n) is 10.0. The van der Waals surface area contributed by atoms with Crippen molar-refractivity contribution in [1.82, 2.24) is 20.8 Å². The van der Waals surface area contributed by atoms with Crippen LogP contribution in [-0.2, 0) is 19.5 Å². The molecule has 0 aliphatic carbocycles. The minimum atomic E-state index is -0.453. The molecular weight excluding hydrogens is 502 g/mol. The van der Waals surface area contributed by atoms with E-state index in [-0.39, 0.29) is 42.1 Å². The van der Waals surface area contributed by atoms with E-state index in [1.165, 1.54) is 36.7 Å². The molecule has 0 unspecified atom stereocenters. The molecule has 0 atom stereocenters. The van der Waals surface area contributed by atoms with Crippen molar-refractivity contribution in [2.45, 2.75) is 0 Å². The summed E-state index contributed by atoms with van der Waals surface area (Å²) in [6.45, 7) is 0. The summed E-state index contributed by atoms with van der Waals surface area (Å²) in [5.74, 6) is -1.04. The Morgan fingerprint density at radius 2 is 1.06 bits per heavy atom. The molecule has 0 saturated heterocycles. The van der Waals surface area contributed by atoms with Crippen molar-refractivity contribution in [2.24, 2.45) is 10.2 Å². The Hall–Kier alpha value is -4.50. The number of carbonyl (C=O) groups is 2. The summed E-state index contributed by atoms with van der Waals surface area (Å²) in [7, 11) is 0. The molecule has 6 N–H and O–H groups in total. The number of hydrazone groups is 2. The Balaban J connectivity index is 0.000000240. The third kappa shape index (κ3) is 8.41. The van der Waals surface area contributed by atoms with E-state index in [0.717, 1.165) is 11.4 Å². The molecule has 10 nitrogen and oxygen atoms in total. The van der Waals surface area contributed by atoms with E-state index in [4.69, 9.17) is 0 Å². The van der Waals surface area contributed by atoms with E-state index >= 15 is 0 Å². The van der Waals surface area contributed by atoms with Gasteiger partial charge in [-0.2, -0.15) is 10.2 Å². The van der Waals surface area contributed by atoms with E-state index in [0.29, 0.717) is 0 Å². The average molecular weight is 524 g/mol. The van der Waals surface area contributed by atoms with Crippen LogP contribution in [0.5, 0.6) is 11.5 Å². The molecule has 174 valence electrons. The zero-order valence-corrected chi connectivity index (χ0v) is 21.5. The van der Waals surface area contributed by atoms with Crippen molar-refractivity contribution in [1.29, 1.82) is 0 Å². The molecule has 4 aromatic rings. The van der Waals surface area contributed by atoms with Gasteiger partial charge in [0.15, 0.2) is 0 Å². The van der Waals surface area contributed by atoms with Crippen LogP contribution in [0.2, 0.25) is 0 Å². The second-order valence-corrected chi connectivity index (χ2v) is 6.68. The van der Waals surface area contributed by atoms with Crippen LogP contribution in [0, 0.1) is 0 Å². The Bertz CT molecular complexity index is 1170. The topological polar surface area (TPSA) is 155 Å². The number of carbonyl (C=O) groups excluding carboxylic acids is 2. The van der Waals surface area contributed by atoms with Crippen molar-refractivity contribution in [3.8, 4) is 11.5 Å². The van der Waals surface area contributed by atoms with E-state index < -0.39 is 11.8 Å². The summed E-state index contributed by atoms with van der Waals surface area (Å²) in [4.78, 5) is 29.0. The first kappa shape index (κ1) is 26.8. The van der Waals surface area contributed by atoms with Crippen molar-refractivity contribution in [3.63, 3.8) is 0 Å². The molecule has 2 aromatic heterocycles. The number of phenols is 2. The van der Waals surface area contributed by atoms with Crippen LogP contribution in [0.15, 0.2) is 95.4 Å². The molecule has 0 radical (unpaired) electrons. The summed E-state index contributed by atoms with van der Waals surface area (Å²) in [6.07, 6.45) is 6.48. The van der Waals surface area contributed by atoms with Crippen LogP contribution in [0.25, 0.3) is 0 Å². The standard InChI is InChI=1S/2C12H11N3O2.Zn/c2*16-11-6-2-1-5-10(11)12(17)15-14-8-9-4-3-7-13-9;/h2*1-8,13,16H,(H,15,17);/b2*14-8+;. The van der Waals surface area contributed by atoms with Crippen LogP contribution in [-0.4, -0.2) is 44.4 Å². The first-order chi connectivity index (χ1) is 16.5. The Kier molecular flexibility index (Phi) is 10.6.